The molecule has 0 saturated carbocycles. The Morgan fingerprint density at radius 1 is 1.25 bits per heavy atom. The van der Waals surface area contributed by atoms with Gasteiger partial charge in [0.2, 0.25) is 0 Å². The van der Waals surface area contributed by atoms with Crippen LogP contribution in [-0.2, 0) is 6.42 Å². The number of hydrogen-bond donors (Lipinski definition) is 0. The SMILES string of the molecule is CCCN(CC)C(=O)c1cccc(CC)c1. The van der Waals surface area contributed by atoms with Gasteiger partial charge in [0, 0.05) is 18.7 Å². The van der Waals surface area contributed by atoms with Crippen molar-refractivity contribution in [3.63, 3.8) is 0 Å². The Balaban J connectivity index is 2.85. The molecule has 0 aliphatic carbocycles. The molecule has 0 aromatic heterocycles. The van der Waals surface area contributed by atoms with Crippen molar-refractivity contribution >= 4 is 5.91 Å². The predicted octanol–water partition coefficient (Wildman–Crippen LogP) is 3.12. The van der Waals surface area contributed by atoms with Gasteiger partial charge in [-0.1, -0.05) is 26.0 Å². The maximum absolute atomic E-state index is 12.2. The number of nitrogens with zero attached hydrogens (tertiary/aromatic N) is 1. The van der Waals surface area contributed by atoms with E-state index in [4.69, 9.17) is 0 Å². The fourth-order valence-corrected chi connectivity index (χ4v) is 1.78. The van der Waals surface area contributed by atoms with Crippen LogP contribution in [0.25, 0.3) is 0 Å². The van der Waals surface area contributed by atoms with Crippen LogP contribution in [0.5, 0.6) is 0 Å². The zero-order chi connectivity index (χ0) is 12.0. The molecule has 1 amide bonds. The summed E-state index contributed by atoms with van der Waals surface area (Å²) >= 11 is 0. The largest absolute Gasteiger partial charge is 0.339 e. The summed E-state index contributed by atoms with van der Waals surface area (Å²) in [5.41, 5.74) is 2.04. The van der Waals surface area contributed by atoms with E-state index in [1.54, 1.807) is 0 Å². The number of rotatable bonds is 5. The van der Waals surface area contributed by atoms with Gasteiger partial charge < -0.3 is 4.90 Å². The number of benzene rings is 1. The highest BCUT2D eigenvalue weighted by molar-refractivity contribution is 5.94. The van der Waals surface area contributed by atoms with Crippen molar-refractivity contribution in [3.05, 3.63) is 35.4 Å². The van der Waals surface area contributed by atoms with Crippen LogP contribution in [-0.4, -0.2) is 23.9 Å². The molecule has 88 valence electrons. The third-order valence-electron chi connectivity index (χ3n) is 2.74. The van der Waals surface area contributed by atoms with E-state index >= 15 is 0 Å². The zero-order valence-corrected chi connectivity index (χ0v) is 10.5. The first-order valence-electron chi connectivity index (χ1n) is 6.11. The summed E-state index contributed by atoms with van der Waals surface area (Å²) in [6, 6.07) is 7.93. The van der Waals surface area contributed by atoms with Gasteiger partial charge in [-0.05, 0) is 37.5 Å². The molecule has 0 heterocycles. The van der Waals surface area contributed by atoms with E-state index in [-0.39, 0.29) is 5.91 Å². The van der Waals surface area contributed by atoms with Gasteiger partial charge in [0.1, 0.15) is 0 Å². The molecule has 0 radical (unpaired) electrons. The molecule has 0 bridgehead atoms. The van der Waals surface area contributed by atoms with Crippen LogP contribution < -0.4 is 0 Å². The van der Waals surface area contributed by atoms with E-state index < -0.39 is 0 Å². The van der Waals surface area contributed by atoms with Crippen molar-refractivity contribution in [1.29, 1.82) is 0 Å². The summed E-state index contributed by atoms with van der Waals surface area (Å²) in [5.74, 6) is 0.152. The van der Waals surface area contributed by atoms with Gasteiger partial charge in [-0.2, -0.15) is 0 Å². The van der Waals surface area contributed by atoms with Crippen LogP contribution in [0.3, 0.4) is 0 Å². The van der Waals surface area contributed by atoms with Crippen molar-refractivity contribution in [2.45, 2.75) is 33.6 Å². The summed E-state index contributed by atoms with van der Waals surface area (Å²) in [5, 5.41) is 0. The summed E-state index contributed by atoms with van der Waals surface area (Å²) in [6.07, 6.45) is 1.98. The van der Waals surface area contributed by atoms with Gasteiger partial charge in [0.15, 0.2) is 0 Å². The quantitative estimate of drug-likeness (QED) is 0.745. The van der Waals surface area contributed by atoms with E-state index in [1.807, 2.05) is 30.0 Å². The zero-order valence-electron chi connectivity index (χ0n) is 10.5. The summed E-state index contributed by atoms with van der Waals surface area (Å²) in [7, 11) is 0. The lowest BCUT2D eigenvalue weighted by atomic mass is 10.1. The van der Waals surface area contributed by atoms with Crippen molar-refractivity contribution in [2.24, 2.45) is 0 Å². The molecule has 0 fully saturated rings. The van der Waals surface area contributed by atoms with Crippen molar-refractivity contribution in [1.82, 2.24) is 4.90 Å². The van der Waals surface area contributed by atoms with Gasteiger partial charge in [-0.15, -0.1) is 0 Å². The lowest BCUT2D eigenvalue weighted by Crippen LogP contribution is -2.31. The predicted molar refractivity (Wildman–Crippen MR) is 67.7 cm³/mol. The van der Waals surface area contributed by atoms with Gasteiger partial charge in [0.25, 0.3) is 5.91 Å². The number of hydrogen-bond acceptors (Lipinski definition) is 1. The minimum absolute atomic E-state index is 0.152. The standard InChI is InChI=1S/C14H21NO/c1-4-10-15(6-3)14(16)13-9-7-8-12(5-2)11-13/h7-9,11H,4-6,10H2,1-3H3. The molecule has 1 aromatic carbocycles. The van der Waals surface area contributed by atoms with E-state index in [0.29, 0.717) is 0 Å². The fourth-order valence-electron chi connectivity index (χ4n) is 1.78. The van der Waals surface area contributed by atoms with Gasteiger partial charge >= 0.3 is 0 Å². The molecule has 2 nitrogen and oxygen atoms in total. The Kier molecular flexibility index (Phi) is 5.03. The molecular weight excluding hydrogens is 198 g/mol. The van der Waals surface area contributed by atoms with E-state index in [1.165, 1.54) is 5.56 Å². The lowest BCUT2D eigenvalue weighted by Gasteiger charge is -2.20. The second kappa shape index (κ2) is 6.31. The van der Waals surface area contributed by atoms with Crippen LogP contribution in [0, 0.1) is 0 Å². The third kappa shape index (κ3) is 3.09. The normalized spacial score (nSPS) is 10.2. The Morgan fingerprint density at radius 3 is 2.56 bits per heavy atom. The topological polar surface area (TPSA) is 20.3 Å². The average Bonchev–Trinajstić information content (AvgIpc) is 2.35. The maximum Gasteiger partial charge on any atom is 0.253 e. The minimum Gasteiger partial charge on any atom is -0.339 e. The second-order valence-electron chi connectivity index (χ2n) is 3.94. The minimum atomic E-state index is 0.152. The van der Waals surface area contributed by atoms with E-state index in [0.717, 1.165) is 31.5 Å². The number of amides is 1. The molecule has 0 spiro atoms. The number of carbonyl (C=O) groups excluding carboxylic acids is 1. The van der Waals surface area contributed by atoms with Crippen LogP contribution in [0.2, 0.25) is 0 Å². The van der Waals surface area contributed by atoms with E-state index in [2.05, 4.69) is 19.9 Å². The number of carbonyl (C=O) groups is 1. The molecule has 16 heavy (non-hydrogen) atoms. The molecule has 0 aliphatic rings. The first-order valence-corrected chi connectivity index (χ1v) is 6.11. The van der Waals surface area contributed by atoms with Crippen molar-refractivity contribution in [2.75, 3.05) is 13.1 Å². The Morgan fingerprint density at radius 2 is 2.00 bits per heavy atom. The fraction of sp³-hybridized carbons (Fsp3) is 0.500. The summed E-state index contributed by atoms with van der Waals surface area (Å²) in [6.45, 7) is 7.84. The lowest BCUT2D eigenvalue weighted by molar-refractivity contribution is 0.0764. The molecule has 0 unspecified atom stereocenters. The van der Waals surface area contributed by atoms with Crippen molar-refractivity contribution in [3.8, 4) is 0 Å². The highest BCUT2D eigenvalue weighted by Crippen LogP contribution is 2.09. The Labute approximate surface area is 98.3 Å². The monoisotopic (exact) mass is 219 g/mol. The summed E-state index contributed by atoms with van der Waals surface area (Å²) < 4.78 is 0. The summed E-state index contributed by atoms with van der Waals surface area (Å²) in [4.78, 5) is 14.1. The molecular formula is C14H21NO. The van der Waals surface area contributed by atoms with Crippen LogP contribution in [0.15, 0.2) is 24.3 Å². The second-order valence-corrected chi connectivity index (χ2v) is 3.94. The molecule has 0 saturated heterocycles. The molecule has 0 aliphatic heterocycles. The van der Waals surface area contributed by atoms with Crippen molar-refractivity contribution < 1.29 is 4.79 Å². The highest BCUT2D eigenvalue weighted by Gasteiger charge is 2.12. The van der Waals surface area contributed by atoms with Crippen LogP contribution >= 0.6 is 0 Å². The first kappa shape index (κ1) is 12.8. The maximum atomic E-state index is 12.2. The molecule has 0 N–H and O–H groups in total. The smallest absolute Gasteiger partial charge is 0.253 e. The van der Waals surface area contributed by atoms with Gasteiger partial charge in [0.05, 0.1) is 0 Å². The van der Waals surface area contributed by atoms with Crippen LogP contribution in [0.1, 0.15) is 43.1 Å². The number of aryl methyl sites for hydroxylation is 1. The van der Waals surface area contributed by atoms with Crippen LogP contribution in [0.4, 0.5) is 0 Å². The highest BCUT2D eigenvalue weighted by atomic mass is 16.2. The van der Waals surface area contributed by atoms with Gasteiger partial charge in [-0.3, -0.25) is 4.79 Å². The Hall–Kier alpha value is -1.31. The van der Waals surface area contributed by atoms with E-state index in [9.17, 15) is 4.79 Å². The van der Waals surface area contributed by atoms with Gasteiger partial charge in [-0.25, -0.2) is 0 Å². The molecule has 0 atom stereocenters. The Bertz CT molecular complexity index is 346. The molecule has 1 rings (SSSR count). The third-order valence-corrected chi connectivity index (χ3v) is 2.74. The first-order chi connectivity index (χ1) is 7.72. The molecule has 1 aromatic rings. The average molecular weight is 219 g/mol. The molecule has 2 heteroatoms.